The first kappa shape index (κ1) is 17.1. The van der Waals surface area contributed by atoms with Crippen molar-refractivity contribution in [1.29, 1.82) is 0 Å². The Balaban J connectivity index is 1.74. The summed E-state index contributed by atoms with van der Waals surface area (Å²) in [4.78, 5) is 51.3. The third-order valence-electron chi connectivity index (χ3n) is 6.40. The van der Waals surface area contributed by atoms with Gasteiger partial charge in [-0.15, -0.1) is 0 Å². The number of amides is 4. The van der Waals surface area contributed by atoms with Crippen LogP contribution in [0.4, 0.5) is 4.79 Å². The molecule has 4 aliphatic rings. The molecule has 0 N–H and O–H groups in total. The Bertz CT molecular complexity index is 787. The Morgan fingerprint density at radius 1 is 1.08 bits per heavy atom. The number of carbonyl (C=O) groups excluding carboxylic acids is 4. The van der Waals surface area contributed by atoms with Crippen LogP contribution in [0.5, 0.6) is 0 Å². The molecule has 1 spiro atoms. The van der Waals surface area contributed by atoms with Crippen molar-refractivity contribution in [2.75, 3.05) is 14.1 Å². The first-order valence-electron chi connectivity index (χ1n) is 8.93. The van der Waals surface area contributed by atoms with Crippen LogP contribution in [-0.4, -0.2) is 59.2 Å². The van der Waals surface area contributed by atoms with Crippen molar-refractivity contribution in [2.45, 2.75) is 50.7 Å². The number of imide groups is 2. The fraction of sp³-hybridized carbons (Fsp3) is 0.579. The van der Waals surface area contributed by atoms with Gasteiger partial charge in [0, 0.05) is 32.4 Å². The van der Waals surface area contributed by atoms with Crippen LogP contribution in [0.1, 0.15) is 39.0 Å². The molecule has 2 heterocycles. The fourth-order valence-electron chi connectivity index (χ4n) is 4.77. The van der Waals surface area contributed by atoms with Gasteiger partial charge in [0.15, 0.2) is 5.78 Å². The molecule has 7 nitrogen and oxygen atoms in total. The zero-order valence-corrected chi connectivity index (χ0v) is 15.2. The molecule has 0 aromatic carbocycles. The van der Waals surface area contributed by atoms with Crippen molar-refractivity contribution < 1.29 is 23.9 Å². The Morgan fingerprint density at radius 2 is 1.73 bits per heavy atom. The lowest BCUT2D eigenvalue weighted by atomic mass is 9.61. The van der Waals surface area contributed by atoms with E-state index in [4.69, 9.17) is 4.74 Å². The Hall–Kier alpha value is -2.28. The Morgan fingerprint density at radius 3 is 2.38 bits per heavy atom. The van der Waals surface area contributed by atoms with Gasteiger partial charge in [0.1, 0.15) is 0 Å². The van der Waals surface area contributed by atoms with Gasteiger partial charge in [-0.05, 0) is 30.9 Å². The van der Waals surface area contributed by atoms with Gasteiger partial charge in [-0.3, -0.25) is 24.2 Å². The van der Waals surface area contributed by atoms with E-state index in [-0.39, 0.29) is 23.7 Å². The summed E-state index contributed by atoms with van der Waals surface area (Å²) in [6, 6.07) is -0.643. The molecule has 0 unspecified atom stereocenters. The Labute approximate surface area is 151 Å². The largest absolute Gasteiger partial charge is 0.348 e. The van der Waals surface area contributed by atoms with Gasteiger partial charge in [0.25, 0.3) is 11.8 Å². The maximum Gasteiger partial charge on any atom is 0.333 e. The standard InChI is InChI=1S/C19H22N2O5/c1-18-8-6-12(22)10-11(18)4-5-14-13(18)7-9-19(26-14)15(23)20(2)17(25)21(3)16(19)24/h7,10,14H,4-6,8-9H2,1-3H3/t14-,18-/m0/s1. The second-order valence-corrected chi connectivity index (χ2v) is 7.81. The van der Waals surface area contributed by atoms with E-state index >= 15 is 0 Å². The summed E-state index contributed by atoms with van der Waals surface area (Å²) in [6.45, 7) is 2.11. The molecule has 0 radical (unpaired) electrons. The number of barbiturate groups is 1. The van der Waals surface area contributed by atoms with Gasteiger partial charge in [-0.25, -0.2) is 4.79 Å². The number of ether oxygens (including phenoxy) is 1. The molecule has 2 atom stereocenters. The van der Waals surface area contributed by atoms with E-state index in [2.05, 4.69) is 6.92 Å². The van der Waals surface area contributed by atoms with Crippen LogP contribution in [0.15, 0.2) is 23.3 Å². The molecule has 1 saturated carbocycles. The quantitative estimate of drug-likeness (QED) is 0.485. The van der Waals surface area contributed by atoms with Gasteiger partial charge in [-0.2, -0.15) is 0 Å². The van der Waals surface area contributed by atoms with Crippen molar-refractivity contribution in [2.24, 2.45) is 5.41 Å². The number of hydrogen-bond acceptors (Lipinski definition) is 5. The fourth-order valence-corrected chi connectivity index (χ4v) is 4.77. The first-order valence-corrected chi connectivity index (χ1v) is 8.93. The van der Waals surface area contributed by atoms with Gasteiger partial charge in [-0.1, -0.05) is 18.6 Å². The molecule has 4 amide bonds. The maximum atomic E-state index is 12.8. The second kappa shape index (κ2) is 5.36. The van der Waals surface area contributed by atoms with E-state index < -0.39 is 23.4 Å². The average molecular weight is 358 g/mol. The topological polar surface area (TPSA) is 84.0 Å². The number of likely N-dealkylation sites (N-methyl/N-ethyl adjacent to an activating group) is 2. The normalized spacial score (nSPS) is 33.7. The van der Waals surface area contributed by atoms with E-state index in [0.717, 1.165) is 27.4 Å². The predicted molar refractivity (Wildman–Crippen MR) is 90.9 cm³/mol. The third-order valence-corrected chi connectivity index (χ3v) is 6.40. The molecular formula is C19H22N2O5. The van der Waals surface area contributed by atoms with Gasteiger partial charge in [0.2, 0.25) is 5.60 Å². The number of urea groups is 1. The number of nitrogens with zero attached hydrogens (tertiary/aromatic N) is 2. The number of fused-ring (bicyclic) bond motifs is 3. The zero-order chi connectivity index (χ0) is 18.9. The van der Waals surface area contributed by atoms with E-state index in [1.165, 1.54) is 14.1 Å². The first-order chi connectivity index (χ1) is 12.2. The van der Waals surface area contributed by atoms with Crippen LogP contribution in [0.3, 0.4) is 0 Å². The van der Waals surface area contributed by atoms with Crippen LogP contribution in [0.25, 0.3) is 0 Å². The molecular weight excluding hydrogens is 336 g/mol. The lowest BCUT2D eigenvalue weighted by Gasteiger charge is -2.51. The van der Waals surface area contributed by atoms with Crippen molar-refractivity contribution in [3.63, 3.8) is 0 Å². The van der Waals surface area contributed by atoms with E-state index in [1.807, 2.05) is 6.08 Å². The van der Waals surface area contributed by atoms with Crippen LogP contribution < -0.4 is 0 Å². The van der Waals surface area contributed by atoms with Crippen LogP contribution in [0.2, 0.25) is 0 Å². The predicted octanol–water partition coefficient (Wildman–Crippen LogP) is 1.58. The Kier molecular flexibility index (Phi) is 3.54. The number of carbonyl (C=O) groups is 4. The molecule has 2 aliphatic heterocycles. The van der Waals surface area contributed by atoms with Crippen LogP contribution >= 0.6 is 0 Å². The minimum atomic E-state index is -1.66. The van der Waals surface area contributed by atoms with E-state index in [0.29, 0.717) is 19.3 Å². The smallest absolute Gasteiger partial charge is 0.333 e. The summed E-state index contributed by atoms with van der Waals surface area (Å²) in [5.74, 6) is -1.05. The SMILES string of the molecule is CN1C(=O)N(C)C(=O)C2(CC=C3[C@H](CCC4=CC(=O)CC[C@@]43C)O2)C1=O. The minimum absolute atomic E-state index is 0.106. The lowest BCUT2D eigenvalue weighted by molar-refractivity contribution is -0.183. The summed E-state index contributed by atoms with van der Waals surface area (Å²) in [5.41, 5.74) is 0.248. The number of rotatable bonds is 0. The molecule has 0 bridgehead atoms. The van der Waals surface area contributed by atoms with Crippen LogP contribution in [-0.2, 0) is 19.1 Å². The minimum Gasteiger partial charge on any atom is -0.348 e. The van der Waals surface area contributed by atoms with Gasteiger partial charge in [0.05, 0.1) is 6.10 Å². The van der Waals surface area contributed by atoms with Gasteiger partial charge >= 0.3 is 6.03 Å². The maximum absolute atomic E-state index is 12.8. The molecule has 2 aliphatic carbocycles. The molecule has 26 heavy (non-hydrogen) atoms. The third kappa shape index (κ3) is 2.03. The highest BCUT2D eigenvalue weighted by molar-refractivity contribution is 6.21. The highest BCUT2D eigenvalue weighted by Gasteiger charge is 2.60. The summed E-state index contributed by atoms with van der Waals surface area (Å²) in [5, 5.41) is 0. The number of hydrogen-bond donors (Lipinski definition) is 0. The van der Waals surface area contributed by atoms with Crippen molar-refractivity contribution >= 4 is 23.6 Å². The highest BCUT2D eigenvalue weighted by Crippen LogP contribution is 2.53. The van der Waals surface area contributed by atoms with E-state index in [1.54, 1.807) is 6.08 Å². The molecule has 7 heteroatoms. The van der Waals surface area contributed by atoms with Crippen molar-refractivity contribution in [1.82, 2.24) is 9.80 Å². The molecule has 1 saturated heterocycles. The summed E-state index contributed by atoms with van der Waals surface area (Å²) >= 11 is 0. The van der Waals surface area contributed by atoms with Crippen molar-refractivity contribution in [3.8, 4) is 0 Å². The second-order valence-electron chi connectivity index (χ2n) is 7.81. The molecule has 0 aromatic heterocycles. The summed E-state index contributed by atoms with van der Waals surface area (Å²) in [7, 11) is 2.74. The van der Waals surface area contributed by atoms with Gasteiger partial charge < -0.3 is 4.74 Å². The number of allylic oxidation sites excluding steroid dienone is 2. The monoisotopic (exact) mass is 358 g/mol. The molecule has 4 rings (SSSR count). The lowest BCUT2D eigenvalue weighted by Crippen LogP contribution is -2.69. The molecule has 138 valence electrons. The number of ketones is 1. The zero-order valence-electron chi connectivity index (χ0n) is 15.2. The van der Waals surface area contributed by atoms with Crippen molar-refractivity contribution in [3.05, 3.63) is 23.3 Å². The van der Waals surface area contributed by atoms with Crippen LogP contribution in [0, 0.1) is 5.41 Å². The summed E-state index contributed by atoms with van der Waals surface area (Å²) in [6.07, 6.45) is 5.96. The average Bonchev–Trinajstić information content (AvgIpc) is 2.64. The molecule has 2 fully saturated rings. The highest BCUT2D eigenvalue weighted by atomic mass is 16.5. The molecule has 0 aromatic rings. The summed E-state index contributed by atoms with van der Waals surface area (Å²) < 4.78 is 6.16. The van der Waals surface area contributed by atoms with E-state index in [9.17, 15) is 19.2 Å².